The SMILES string of the molecule is CCC1(OC)OCO1. The molecule has 0 atom stereocenters. The highest BCUT2D eigenvalue weighted by molar-refractivity contribution is 4.56. The smallest absolute Gasteiger partial charge is 0.286 e. The summed E-state index contributed by atoms with van der Waals surface area (Å²) in [5.74, 6) is -0.694. The Bertz CT molecular complexity index is 64.2. The Morgan fingerprint density at radius 3 is 2.25 bits per heavy atom. The summed E-state index contributed by atoms with van der Waals surface area (Å²) in [6.07, 6.45) is 0.740. The summed E-state index contributed by atoms with van der Waals surface area (Å²) in [6.45, 7) is 2.31. The van der Waals surface area contributed by atoms with Gasteiger partial charge in [-0.25, -0.2) is 0 Å². The normalized spacial score (nSPS) is 24.8. The second-order valence-electron chi connectivity index (χ2n) is 1.65. The van der Waals surface area contributed by atoms with Gasteiger partial charge in [-0.05, 0) is 0 Å². The van der Waals surface area contributed by atoms with Crippen molar-refractivity contribution in [1.29, 1.82) is 0 Å². The maximum absolute atomic E-state index is 4.97. The number of hydrogen-bond donors (Lipinski definition) is 0. The quantitative estimate of drug-likeness (QED) is 0.534. The van der Waals surface area contributed by atoms with E-state index in [1.165, 1.54) is 0 Å². The first-order valence-electron chi connectivity index (χ1n) is 2.66. The average Bonchev–Trinajstić information content (AvgIpc) is 1.67. The van der Waals surface area contributed by atoms with Crippen LogP contribution in [0.4, 0.5) is 0 Å². The molecule has 0 spiro atoms. The third-order valence-corrected chi connectivity index (χ3v) is 1.30. The molecule has 0 aliphatic carbocycles. The third-order valence-electron chi connectivity index (χ3n) is 1.30. The fourth-order valence-corrected chi connectivity index (χ4v) is 0.657. The Morgan fingerprint density at radius 2 is 2.25 bits per heavy atom. The first kappa shape index (κ1) is 6.01. The van der Waals surface area contributed by atoms with Crippen molar-refractivity contribution in [2.24, 2.45) is 0 Å². The van der Waals surface area contributed by atoms with Crippen LogP contribution in [0.1, 0.15) is 13.3 Å². The molecular weight excluding hydrogens is 108 g/mol. The van der Waals surface area contributed by atoms with Gasteiger partial charge in [-0.15, -0.1) is 0 Å². The fourth-order valence-electron chi connectivity index (χ4n) is 0.657. The molecule has 0 unspecified atom stereocenters. The Morgan fingerprint density at radius 1 is 1.62 bits per heavy atom. The maximum atomic E-state index is 4.97. The lowest BCUT2D eigenvalue weighted by Crippen LogP contribution is -2.47. The minimum Gasteiger partial charge on any atom is -0.331 e. The van der Waals surface area contributed by atoms with E-state index in [-0.39, 0.29) is 0 Å². The molecule has 3 nitrogen and oxygen atoms in total. The Kier molecular flexibility index (Phi) is 1.51. The van der Waals surface area contributed by atoms with Crippen LogP contribution < -0.4 is 0 Å². The molecule has 0 saturated carbocycles. The van der Waals surface area contributed by atoms with Crippen LogP contribution in [0.25, 0.3) is 0 Å². The zero-order chi connectivity index (χ0) is 6.04. The molecule has 0 amide bonds. The molecule has 3 heteroatoms. The molecule has 1 rings (SSSR count). The molecule has 0 radical (unpaired) electrons. The summed E-state index contributed by atoms with van der Waals surface area (Å²) >= 11 is 0. The van der Waals surface area contributed by atoms with E-state index in [0.717, 1.165) is 6.42 Å². The summed E-state index contributed by atoms with van der Waals surface area (Å²) in [7, 11) is 1.57. The van der Waals surface area contributed by atoms with E-state index in [0.29, 0.717) is 6.79 Å². The van der Waals surface area contributed by atoms with Gasteiger partial charge in [0.1, 0.15) is 0 Å². The van der Waals surface area contributed by atoms with Crippen molar-refractivity contribution in [1.82, 2.24) is 0 Å². The lowest BCUT2D eigenvalue weighted by atomic mass is 10.4. The van der Waals surface area contributed by atoms with E-state index in [1.54, 1.807) is 7.11 Å². The number of hydrogen-bond acceptors (Lipinski definition) is 3. The highest BCUT2D eigenvalue weighted by Crippen LogP contribution is 2.26. The molecule has 0 aromatic carbocycles. The van der Waals surface area contributed by atoms with E-state index in [1.807, 2.05) is 6.92 Å². The van der Waals surface area contributed by atoms with Gasteiger partial charge >= 0.3 is 0 Å². The van der Waals surface area contributed by atoms with Gasteiger partial charge in [0.25, 0.3) is 5.97 Å². The van der Waals surface area contributed by atoms with E-state index >= 15 is 0 Å². The molecule has 0 aromatic rings. The van der Waals surface area contributed by atoms with Crippen molar-refractivity contribution >= 4 is 0 Å². The molecule has 1 fully saturated rings. The summed E-state index contributed by atoms with van der Waals surface area (Å²) in [4.78, 5) is 0. The molecule has 8 heavy (non-hydrogen) atoms. The first-order valence-corrected chi connectivity index (χ1v) is 2.66. The summed E-state index contributed by atoms with van der Waals surface area (Å²) < 4.78 is 14.8. The molecular formula is C5H10O3. The zero-order valence-electron chi connectivity index (χ0n) is 5.14. The zero-order valence-corrected chi connectivity index (χ0v) is 5.14. The van der Waals surface area contributed by atoms with Crippen LogP contribution in [-0.4, -0.2) is 19.9 Å². The predicted octanol–water partition coefficient (Wildman–Crippen LogP) is 0.701. The topological polar surface area (TPSA) is 27.7 Å². The molecule has 0 aromatic heterocycles. The Balaban J connectivity index is 2.33. The van der Waals surface area contributed by atoms with Crippen molar-refractivity contribution < 1.29 is 14.2 Å². The minimum absolute atomic E-state index is 0.363. The van der Waals surface area contributed by atoms with Crippen LogP contribution in [0.2, 0.25) is 0 Å². The second kappa shape index (κ2) is 2.01. The van der Waals surface area contributed by atoms with Crippen molar-refractivity contribution in [2.45, 2.75) is 19.3 Å². The molecule has 48 valence electrons. The fraction of sp³-hybridized carbons (Fsp3) is 1.00. The van der Waals surface area contributed by atoms with Gasteiger partial charge in [-0.2, -0.15) is 0 Å². The lowest BCUT2D eigenvalue weighted by molar-refractivity contribution is -0.496. The molecule has 0 bridgehead atoms. The van der Waals surface area contributed by atoms with Crippen LogP contribution >= 0.6 is 0 Å². The standard InChI is InChI=1S/C5H10O3/c1-3-5(6-2)7-4-8-5/h3-4H2,1-2H3. The van der Waals surface area contributed by atoms with Gasteiger partial charge in [0, 0.05) is 13.5 Å². The van der Waals surface area contributed by atoms with Gasteiger partial charge in [-0.1, -0.05) is 6.92 Å². The minimum atomic E-state index is -0.694. The number of methoxy groups -OCH3 is 1. The van der Waals surface area contributed by atoms with Crippen LogP contribution in [0.3, 0.4) is 0 Å². The van der Waals surface area contributed by atoms with Crippen molar-refractivity contribution in [3.8, 4) is 0 Å². The van der Waals surface area contributed by atoms with Crippen LogP contribution in [0, 0.1) is 0 Å². The van der Waals surface area contributed by atoms with Gasteiger partial charge in [0.15, 0.2) is 6.79 Å². The molecule has 0 N–H and O–H groups in total. The highest BCUT2D eigenvalue weighted by atomic mass is 17.0. The Hall–Kier alpha value is -0.120. The number of rotatable bonds is 2. The monoisotopic (exact) mass is 118 g/mol. The van der Waals surface area contributed by atoms with Gasteiger partial charge in [-0.3, -0.25) is 0 Å². The van der Waals surface area contributed by atoms with Crippen LogP contribution in [0.15, 0.2) is 0 Å². The van der Waals surface area contributed by atoms with E-state index in [9.17, 15) is 0 Å². The van der Waals surface area contributed by atoms with Gasteiger partial charge in [0.05, 0.1) is 0 Å². The molecule has 1 heterocycles. The second-order valence-corrected chi connectivity index (χ2v) is 1.65. The van der Waals surface area contributed by atoms with Crippen molar-refractivity contribution in [2.75, 3.05) is 13.9 Å². The average molecular weight is 118 g/mol. The molecule has 1 aliphatic rings. The first-order chi connectivity index (χ1) is 3.83. The third kappa shape index (κ3) is 0.727. The summed E-state index contributed by atoms with van der Waals surface area (Å²) in [6, 6.07) is 0. The van der Waals surface area contributed by atoms with E-state index in [4.69, 9.17) is 14.2 Å². The Labute approximate surface area is 48.5 Å². The van der Waals surface area contributed by atoms with Crippen molar-refractivity contribution in [3.63, 3.8) is 0 Å². The maximum Gasteiger partial charge on any atom is 0.286 e. The lowest BCUT2D eigenvalue weighted by Gasteiger charge is -2.38. The summed E-state index contributed by atoms with van der Waals surface area (Å²) in [5.41, 5.74) is 0. The van der Waals surface area contributed by atoms with Gasteiger partial charge < -0.3 is 14.2 Å². The highest BCUT2D eigenvalue weighted by Gasteiger charge is 2.38. The predicted molar refractivity (Wildman–Crippen MR) is 27.1 cm³/mol. The van der Waals surface area contributed by atoms with E-state index in [2.05, 4.69) is 0 Å². The van der Waals surface area contributed by atoms with Crippen LogP contribution in [0.5, 0.6) is 0 Å². The molecule has 1 aliphatic heterocycles. The van der Waals surface area contributed by atoms with Crippen molar-refractivity contribution in [3.05, 3.63) is 0 Å². The van der Waals surface area contributed by atoms with Crippen LogP contribution in [-0.2, 0) is 14.2 Å². The number of ether oxygens (including phenoxy) is 3. The van der Waals surface area contributed by atoms with Gasteiger partial charge in [0.2, 0.25) is 0 Å². The summed E-state index contributed by atoms with van der Waals surface area (Å²) in [5, 5.41) is 0. The van der Waals surface area contributed by atoms with E-state index < -0.39 is 5.97 Å². The molecule has 1 saturated heterocycles. The largest absolute Gasteiger partial charge is 0.331 e.